The lowest BCUT2D eigenvalue weighted by Crippen LogP contribution is -2.35. The largest absolute Gasteiger partial charge is 0.497 e. The highest BCUT2D eigenvalue weighted by Gasteiger charge is 2.17. The number of nitrogens with zero attached hydrogens (tertiary/aromatic N) is 1. The van der Waals surface area contributed by atoms with Crippen LogP contribution < -0.4 is 10.3 Å². The molecule has 0 aliphatic rings. The maximum absolute atomic E-state index is 12.8. The molecule has 0 aliphatic carbocycles. The summed E-state index contributed by atoms with van der Waals surface area (Å²) >= 11 is 5.87. The molecule has 0 radical (unpaired) electrons. The summed E-state index contributed by atoms with van der Waals surface area (Å²) in [6.45, 7) is -0.0276. The van der Waals surface area contributed by atoms with Gasteiger partial charge in [-0.05, 0) is 48.5 Å². The van der Waals surface area contributed by atoms with Crippen LogP contribution in [0.1, 0.15) is 15.9 Å². The van der Waals surface area contributed by atoms with Crippen molar-refractivity contribution in [2.75, 3.05) is 20.3 Å². The van der Waals surface area contributed by atoms with Gasteiger partial charge in [-0.25, -0.2) is 0 Å². The molecule has 0 aliphatic heterocycles. The molecule has 0 bridgehead atoms. The first kappa shape index (κ1) is 18.9. The molecule has 2 N–H and O–H groups in total. The van der Waals surface area contributed by atoms with E-state index >= 15 is 0 Å². The van der Waals surface area contributed by atoms with Crippen molar-refractivity contribution in [2.45, 2.75) is 6.54 Å². The fraction of sp³-hybridized carbons (Fsp3) is 0.200. The second-order valence-electron chi connectivity index (χ2n) is 6.03. The van der Waals surface area contributed by atoms with Crippen LogP contribution in [0.25, 0.3) is 10.9 Å². The van der Waals surface area contributed by atoms with Gasteiger partial charge in [0.15, 0.2) is 0 Å². The number of benzene rings is 2. The number of aliphatic hydroxyl groups is 1. The fourth-order valence-electron chi connectivity index (χ4n) is 2.83. The van der Waals surface area contributed by atoms with E-state index in [9.17, 15) is 14.7 Å². The van der Waals surface area contributed by atoms with E-state index in [1.165, 1.54) is 4.90 Å². The third-order valence-electron chi connectivity index (χ3n) is 4.24. The molecule has 0 saturated heterocycles. The molecule has 0 fully saturated rings. The van der Waals surface area contributed by atoms with Crippen LogP contribution in [0.15, 0.2) is 53.3 Å². The van der Waals surface area contributed by atoms with Gasteiger partial charge in [-0.15, -0.1) is 0 Å². The van der Waals surface area contributed by atoms with Crippen molar-refractivity contribution in [2.24, 2.45) is 0 Å². The Bertz CT molecular complexity index is 1010. The van der Waals surface area contributed by atoms with Crippen LogP contribution in [0.5, 0.6) is 5.75 Å². The maximum Gasteiger partial charge on any atom is 0.254 e. The van der Waals surface area contributed by atoms with Crippen molar-refractivity contribution in [3.8, 4) is 5.75 Å². The maximum atomic E-state index is 12.8. The van der Waals surface area contributed by atoms with Crippen molar-refractivity contribution in [3.63, 3.8) is 0 Å². The Hall–Kier alpha value is -2.83. The summed E-state index contributed by atoms with van der Waals surface area (Å²) in [5.74, 6) is 0.385. The molecule has 0 atom stereocenters. The number of hydrogen-bond donors (Lipinski definition) is 2. The number of fused-ring (bicyclic) bond motifs is 1. The van der Waals surface area contributed by atoms with Crippen molar-refractivity contribution < 1.29 is 14.6 Å². The van der Waals surface area contributed by atoms with Crippen molar-refractivity contribution in [1.29, 1.82) is 0 Å². The highest BCUT2D eigenvalue weighted by atomic mass is 35.5. The SMILES string of the molecule is COc1ccc2[nH]c(=O)c(CN(CCO)C(=O)c3ccc(Cl)cc3)cc2c1. The van der Waals surface area contributed by atoms with Gasteiger partial charge in [0.1, 0.15) is 5.75 Å². The van der Waals surface area contributed by atoms with Crippen LogP contribution >= 0.6 is 11.6 Å². The number of aromatic amines is 1. The number of carbonyl (C=O) groups is 1. The van der Waals surface area contributed by atoms with Gasteiger partial charge >= 0.3 is 0 Å². The van der Waals surface area contributed by atoms with Crippen LogP contribution in [-0.4, -0.2) is 41.2 Å². The Labute approximate surface area is 161 Å². The average molecular weight is 387 g/mol. The Kier molecular flexibility index (Phi) is 5.78. The number of aromatic nitrogens is 1. The normalized spacial score (nSPS) is 10.8. The third kappa shape index (κ3) is 4.30. The van der Waals surface area contributed by atoms with E-state index in [2.05, 4.69) is 4.98 Å². The minimum Gasteiger partial charge on any atom is -0.497 e. The van der Waals surface area contributed by atoms with Crippen LogP contribution in [0, 0.1) is 0 Å². The number of halogens is 1. The summed E-state index contributed by atoms with van der Waals surface area (Å²) in [5.41, 5.74) is 1.26. The molecule has 0 spiro atoms. The number of H-pyrrole nitrogens is 1. The van der Waals surface area contributed by atoms with Gasteiger partial charge in [-0.2, -0.15) is 0 Å². The van der Waals surface area contributed by atoms with Gasteiger partial charge in [-0.1, -0.05) is 11.6 Å². The zero-order chi connectivity index (χ0) is 19.4. The summed E-state index contributed by atoms with van der Waals surface area (Å²) < 4.78 is 5.22. The number of aliphatic hydroxyl groups excluding tert-OH is 1. The van der Waals surface area contributed by atoms with Crippen LogP contribution in [0.3, 0.4) is 0 Å². The van der Waals surface area contributed by atoms with E-state index in [4.69, 9.17) is 16.3 Å². The van der Waals surface area contributed by atoms with E-state index in [0.717, 1.165) is 5.39 Å². The predicted octanol–water partition coefficient (Wildman–Crippen LogP) is 2.82. The van der Waals surface area contributed by atoms with E-state index in [-0.39, 0.29) is 31.2 Å². The molecule has 2 aromatic carbocycles. The lowest BCUT2D eigenvalue weighted by atomic mass is 10.1. The van der Waals surface area contributed by atoms with Gasteiger partial charge in [0.05, 0.1) is 20.3 Å². The molecule has 1 heterocycles. The zero-order valence-corrected chi connectivity index (χ0v) is 15.5. The third-order valence-corrected chi connectivity index (χ3v) is 4.49. The summed E-state index contributed by atoms with van der Waals surface area (Å²) in [4.78, 5) is 29.4. The molecule has 0 unspecified atom stereocenters. The summed E-state index contributed by atoms with van der Waals surface area (Å²) in [6, 6.07) is 13.6. The first-order valence-electron chi connectivity index (χ1n) is 8.37. The minimum absolute atomic E-state index is 0.0739. The topological polar surface area (TPSA) is 82.6 Å². The monoisotopic (exact) mass is 386 g/mol. The molecule has 1 amide bonds. The molecular weight excluding hydrogens is 368 g/mol. The van der Waals surface area contributed by atoms with Crippen molar-refractivity contribution >= 4 is 28.4 Å². The Morgan fingerprint density at radius 1 is 1.19 bits per heavy atom. The summed E-state index contributed by atoms with van der Waals surface area (Å²) in [5, 5.41) is 10.7. The summed E-state index contributed by atoms with van der Waals surface area (Å²) in [6.07, 6.45) is 0. The molecule has 1 aromatic heterocycles. The first-order valence-corrected chi connectivity index (χ1v) is 8.75. The fourth-order valence-corrected chi connectivity index (χ4v) is 2.95. The quantitative estimate of drug-likeness (QED) is 0.682. The Morgan fingerprint density at radius 2 is 1.93 bits per heavy atom. The standard InChI is InChI=1S/C20H19ClN2O4/c1-27-17-6-7-18-14(11-17)10-15(19(25)22-18)12-23(8-9-24)20(26)13-2-4-16(21)5-3-13/h2-7,10-11,24H,8-9,12H2,1H3,(H,22,25). The number of pyridine rings is 1. The molecule has 3 rings (SSSR count). The summed E-state index contributed by atoms with van der Waals surface area (Å²) in [7, 11) is 1.57. The Balaban J connectivity index is 1.93. The number of hydrogen-bond acceptors (Lipinski definition) is 4. The van der Waals surface area contributed by atoms with Gasteiger partial charge in [0, 0.05) is 33.6 Å². The van der Waals surface area contributed by atoms with Gasteiger partial charge in [0.2, 0.25) is 0 Å². The second-order valence-corrected chi connectivity index (χ2v) is 6.47. The highest BCUT2D eigenvalue weighted by molar-refractivity contribution is 6.30. The van der Waals surface area contributed by atoms with Gasteiger partial charge in [0.25, 0.3) is 11.5 Å². The zero-order valence-electron chi connectivity index (χ0n) is 14.7. The van der Waals surface area contributed by atoms with Crippen LogP contribution in [0.2, 0.25) is 5.02 Å². The molecule has 140 valence electrons. The lowest BCUT2D eigenvalue weighted by molar-refractivity contribution is 0.0707. The minimum atomic E-state index is -0.286. The molecule has 27 heavy (non-hydrogen) atoms. The van der Waals surface area contributed by atoms with E-state index in [0.29, 0.717) is 27.4 Å². The predicted molar refractivity (Wildman–Crippen MR) is 104 cm³/mol. The van der Waals surface area contributed by atoms with Crippen LogP contribution in [-0.2, 0) is 6.54 Å². The number of nitrogens with one attached hydrogen (secondary N) is 1. The van der Waals surface area contributed by atoms with Crippen molar-refractivity contribution in [1.82, 2.24) is 9.88 Å². The molecule has 3 aromatic rings. The number of rotatable bonds is 6. The van der Waals surface area contributed by atoms with Crippen molar-refractivity contribution in [3.05, 3.63) is 75.0 Å². The van der Waals surface area contributed by atoms with Gasteiger partial charge < -0.3 is 19.7 Å². The molecular formula is C20H19ClN2O4. The molecule has 7 heteroatoms. The lowest BCUT2D eigenvalue weighted by Gasteiger charge is -2.22. The molecule has 0 saturated carbocycles. The number of ether oxygens (including phenoxy) is 1. The number of amides is 1. The highest BCUT2D eigenvalue weighted by Crippen LogP contribution is 2.20. The second kappa shape index (κ2) is 8.24. The van der Waals surface area contributed by atoms with Gasteiger partial charge in [-0.3, -0.25) is 9.59 Å². The van der Waals surface area contributed by atoms with Crippen LogP contribution in [0.4, 0.5) is 0 Å². The first-order chi connectivity index (χ1) is 13.0. The van der Waals surface area contributed by atoms with E-state index in [1.54, 1.807) is 49.6 Å². The number of carbonyl (C=O) groups excluding carboxylic acids is 1. The number of methoxy groups -OCH3 is 1. The Morgan fingerprint density at radius 3 is 2.59 bits per heavy atom. The average Bonchev–Trinajstić information content (AvgIpc) is 2.67. The van der Waals surface area contributed by atoms with E-state index in [1.807, 2.05) is 6.07 Å². The molecule has 6 nitrogen and oxygen atoms in total. The smallest absolute Gasteiger partial charge is 0.254 e. The van der Waals surface area contributed by atoms with E-state index < -0.39 is 0 Å².